The summed E-state index contributed by atoms with van der Waals surface area (Å²) in [7, 11) is 1.54. The third kappa shape index (κ3) is 4.21. The topological polar surface area (TPSA) is 58.6 Å². The second-order valence-electron chi connectivity index (χ2n) is 7.25. The van der Waals surface area contributed by atoms with Crippen molar-refractivity contribution < 1.29 is 27.5 Å². The molecule has 2 aromatic rings. The predicted molar refractivity (Wildman–Crippen MR) is 101 cm³/mol. The van der Waals surface area contributed by atoms with E-state index in [1.54, 1.807) is 20.9 Å². The van der Waals surface area contributed by atoms with E-state index in [0.29, 0.717) is 5.56 Å². The van der Waals surface area contributed by atoms with Gasteiger partial charge in [-0.3, -0.25) is 9.59 Å². The first kappa shape index (κ1) is 20.7. The molecule has 0 spiro atoms. The van der Waals surface area contributed by atoms with E-state index in [4.69, 9.17) is 4.74 Å². The first-order valence-electron chi connectivity index (χ1n) is 9.15. The standard InChI is InChI=1S/C21H21F3N2O3/c1-11(2)29-17-9-12(7-8-14(17)22)13-10-26(3)21(28)18(13)20(27)25-16-6-4-5-15(23)19(16)24/h4-9,11,13,18H,10H2,1-3H3,(H,25,27)/t13-,18+/m1/s1. The van der Waals surface area contributed by atoms with Gasteiger partial charge in [0.2, 0.25) is 11.8 Å². The molecule has 0 aliphatic carbocycles. The van der Waals surface area contributed by atoms with Gasteiger partial charge in [-0.2, -0.15) is 0 Å². The molecule has 2 aromatic carbocycles. The second-order valence-corrected chi connectivity index (χ2v) is 7.25. The number of carbonyl (C=O) groups excluding carboxylic acids is 2. The van der Waals surface area contributed by atoms with Crippen LogP contribution >= 0.6 is 0 Å². The van der Waals surface area contributed by atoms with Gasteiger partial charge in [0.15, 0.2) is 23.2 Å². The number of ether oxygens (including phenoxy) is 1. The highest BCUT2D eigenvalue weighted by molar-refractivity contribution is 6.08. The molecule has 1 saturated heterocycles. The summed E-state index contributed by atoms with van der Waals surface area (Å²) in [6, 6.07) is 7.57. The van der Waals surface area contributed by atoms with Gasteiger partial charge < -0.3 is 15.0 Å². The van der Waals surface area contributed by atoms with E-state index in [0.717, 1.165) is 6.07 Å². The van der Waals surface area contributed by atoms with Crippen LogP contribution in [0, 0.1) is 23.4 Å². The number of rotatable bonds is 5. The summed E-state index contributed by atoms with van der Waals surface area (Å²) < 4.78 is 46.8. The number of nitrogens with one attached hydrogen (secondary N) is 1. The normalized spacial score (nSPS) is 19.0. The van der Waals surface area contributed by atoms with Crippen molar-refractivity contribution in [2.75, 3.05) is 18.9 Å². The molecular weight excluding hydrogens is 385 g/mol. The minimum absolute atomic E-state index is 0.0230. The van der Waals surface area contributed by atoms with Crippen LogP contribution in [-0.2, 0) is 9.59 Å². The number of likely N-dealkylation sites (N-methyl/N-ethyl adjacent to an activating group) is 1. The Morgan fingerprint density at radius 3 is 2.59 bits per heavy atom. The Balaban J connectivity index is 1.91. The van der Waals surface area contributed by atoms with Crippen molar-refractivity contribution in [2.24, 2.45) is 5.92 Å². The smallest absolute Gasteiger partial charge is 0.237 e. The highest BCUT2D eigenvalue weighted by atomic mass is 19.2. The Bertz CT molecular complexity index is 949. The molecule has 0 bridgehead atoms. The van der Waals surface area contributed by atoms with Crippen LogP contribution in [0.3, 0.4) is 0 Å². The quantitative estimate of drug-likeness (QED) is 0.771. The number of halogens is 3. The van der Waals surface area contributed by atoms with Crippen LogP contribution in [0.2, 0.25) is 0 Å². The minimum Gasteiger partial charge on any atom is -0.488 e. The van der Waals surface area contributed by atoms with Gasteiger partial charge >= 0.3 is 0 Å². The van der Waals surface area contributed by atoms with Crippen molar-refractivity contribution in [3.05, 3.63) is 59.4 Å². The monoisotopic (exact) mass is 406 g/mol. The van der Waals surface area contributed by atoms with Crippen LogP contribution in [0.1, 0.15) is 25.3 Å². The highest BCUT2D eigenvalue weighted by Gasteiger charge is 2.44. The van der Waals surface area contributed by atoms with Gasteiger partial charge in [-0.25, -0.2) is 13.2 Å². The van der Waals surface area contributed by atoms with Crippen LogP contribution < -0.4 is 10.1 Å². The molecule has 1 aliphatic rings. The van der Waals surface area contributed by atoms with E-state index in [1.807, 2.05) is 0 Å². The van der Waals surface area contributed by atoms with E-state index in [9.17, 15) is 22.8 Å². The third-order valence-corrected chi connectivity index (χ3v) is 4.75. The van der Waals surface area contributed by atoms with Gasteiger partial charge in [-0.15, -0.1) is 0 Å². The van der Waals surface area contributed by atoms with Crippen LogP contribution in [0.5, 0.6) is 5.75 Å². The fraction of sp³-hybridized carbons (Fsp3) is 0.333. The first-order valence-corrected chi connectivity index (χ1v) is 9.15. The van der Waals surface area contributed by atoms with Gasteiger partial charge in [0.1, 0.15) is 5.92 Å². The average Bonchev–Trinajstić information content (AvgIpc) is 2.95. The van der Waals surface area contributed by atoms with Gasteiger partial charge in [0.25, 0.3) is 0 Å². The van der Waals surface area contributed by atoms with Crippen LogP contribution in [0.4, 0.5) is 18.9 Å². The summed E-state index contributed by atoms with van der Waals surface area (Å²) in [5, 5.41) is 2.30. The Morgan fingerprint density at radius 2 is 1.90 bits per heavy atom. The summed E-state index contributed by atoms with van der Waals surface area (Å²) in [6.07, 6.45) is -0.261. The van der Waals surface area contributed by atoms with Crippen molar-refractivity contribution in [1.82, 2.24) is 4.90 Å². The van der Waals surface area contributed by atoms with Crippen molar-refractivity contribution >= 4 is 17.5 Å². The summed E-state index contributed by atoms with van der Waals surface area (Å²) in [4.78, 5) is 26.8. The fourth-order valence-electron chi connectivity index (χ4n) is 3.40. The molecule has 154 valence electrons. The largest absolute Gasteiger partial charge is 0.488 e. The molecule has 1 N–H and O–H groups in total. The van der Waals surface area contributed by atoms with Crippen molar-refractivity contribution in [3.8, 4) is 5.75 Å². The number of nitrogens with zero attached hydrogens (tertiary/aromatic N) is 1. The van der Waals surface area contributed by atoms with Gasteiger partial charge in [0, 0.05) is 19.5 Å². The van der Waals surface area contributed by atoms with Crippen molar-refractivity contribution in [1.29, 1.82) is 0 Å². The fourth-order valence-corrected chi connectivity index (χ4v) is 3.40. The molecule has 0 aromatic heterocycles. The average molecular weight is 406 g/mol. The lowest BCUT2D eigenvalue weighted by atomic mass is 9.87. The molecule has 5 nitrogen and oxygen atoms in total. The molecule has 8 heteroatoms. The van der Waals surface area contributed by atoms with Gasteiger partial charge in [-0.1, -0.05) is 12.1 Å². The van der Waals surface area contributed by atoms with E-state index < -0.39 is 41.1 Å². The number of hydrogen-bond donors (Lipinski definition) is 1. The number of carbonyl (C=O) groups is 2. The summed E-state index contributed by atoms with van der Waals surface area (Å²) in [5.74, 6) is -5.82. The molecule has 2 atom stereocenters. The molecule has 0 saturated carbocycles. The van der Waals surface area contributed by atoms with E-state index in [-0.39, 0.29) is 24.1 Å². The van der Waals surface area contributed by atoms with Crippen LogP contribution in [-0.4, -0.2) is 36.4 Å². The maximum absolute atomic E-state index is 14.0. The first-order chi connectivity index (χ1) is 13.7. The summed E-state index contributed by atoms with van der Waals surface area (Å²) >= 11 is 0. The Labute approximate surface area is 166 Å². The van der Waals surface area contributed by atoms with E-state index >= 15 is 0 Å². The Morgan fingerprint density at radius 1 is 1.17 bits per heavy atom. The highest BCUT2D eigenvalue weighted by Crippen LogP contribution is 2.36. The summed E-state index contributed by atoms with van der Waals surface area (Å²) in [6.45, 7) is 3.72. The van der Waals surface area contributed by atoms with Gasteiger partial charge in [0.05, 0.1) is 11.8 Å². The zero-order chi connectivity index (χ0) is 21.3. The SMILES string of the molecule is CC(C)Oc1cc([C@H]2CN(C)C(=O)[C@@H]2C(=O)Nc2cccc(F)c2F)ccc1F. The maximum Gasteiger partial charge on any atom is 0.237 e. The predicted octanol–water partition coefficient (Wildman–Crippen LogP) is 3.70. The molecule has 1 fully saturated rings. The van der Waals surface area contributed by atoms with Crippen molar-refractivity contribution in [2.45, 2.75) is 25.9 Å². The molecule has 1 heterocycles. The number of anilines is 1. The molecule has 2 amide bonds. The molecule has 29 heavy (non-hydrogen) atoms. The van der Waals surface area contributed by atoms with Crippen LogP contribution in [0.15, 0.2) is 36.4 Å². The second kappa shape index (κ2) is 8.14. The summed E-state index contributed by atoms with van der Waals surface area (Å²) in [5.41, 5.74) is 0.193. The van der Waals surface area contributed by atoms with Gasteiger partial charge in [-0.05, 0) is 43.7 Å². The number of hydrogen-bond acceptors (Lipinski definition) is 3. The molecule has 0 radical (unpaired) electrons. The molecule has 3 rings (SSSR count). The number of likely N-dealkylation sites (tertiary alicyclic amines) is 1. The zero-order valence-electron chi connectivity index (χ0n) is 16.2. The number of amides is 2. The lowest BCUT2D eigenvalue weighted by Gasteiger charge is -2.19. The molecule has 1 aliphatic heterocycles. The van der Waals surface area contributed by atoms with Crippen LogP contribution in [0.25, 0.3) is 0 Å². The maximum atomic E-state index is 14.0. The zero-order valence-corrected chi connectivity index (χ0v) is 16.2. The lowest BCUT2D eigenvalue weighted by Crippen LogP contribution is -2.33. The Hall–Kier alpha value is -3.03. The lowest BCUT2D eigenvalue weighted by molar-refractivity contribution is -0.135. The Kier molecular flexibility index (Phi) is 5.81. The van der Waals surface area contributed by atoms with Crippen molar-refractivity contribution in [3.63, 3.8) is 0 Å². The van der Waals surface area contributed by atoms with E-state index in [1.165, 1.54) is 35.2 Å². The number of benzene rings is 2. The minimum atomic E-state index is -1.20. The van der Waals surface area contributed by atoms with E-state index in [2.05, 4.69) is 5.32 Å². The third-order valence-electron chi connectivity index (χ3n) is 4.75. The molecular formula is C21H21F3N2O3. The molecule has 0 unspecified atom stereocenters.